The molecule has 0 radical (unpaired) electrons. The summed E-state index contributed by atoms with van der Waals surface area (Å²) in [5.41, 5.74) is 7.10. The highest BCUT2D eigenvalue weighted by Crippen LogP contribution is 2.50. The number of allylic oxidation sites excluding steroid dienone is 2. The Bertz CT molecular complexity index is 1400. The Morgan fingerprint density at radius 2 is 0.975 bits per heavy atom. The number of rotatable bonds is 10. The number of aryl methyl sites for hydroxylation is 2. The van der Waals surface area contributed by atoms with Crippen LogP contribution in [0.25, 0.3) is 0 Å². The van der Waals surface area contributed by atoms with Gasteiger partial charge in [0.05, 0.1) is 9.79 Å². The van der Waals surface area contributed by atoms with Crippen LogP contribution in [-0.4, -0.2) is 51.6 Å². The number of benzene rings is 2. The summed E-state index contributed by atoms with van der Waals surface area (Å²) < 4.78 is 58.4. The van der Waals surface area contributed by atoms with Gasteiger partial charge in [0.15, 0.2) is 0 Å². The van der Waals surface area contributed by atoms with Crippen molar-refractivity contribution in [3.05, 3.63) is 82.0 Å². The molecule has 1 aliphatic carbocycles. The number of unbranched alkanes of at least 4 members (excludes halogenated alkanes) is 2. The zero-order valence-corrected chi connectivity index (χ0v) is 25.8. The van der Waals surface area contributed by atoms with Crippen LogP contribution in [-0.2, 0) is 20.0 Å². The van der Waals surface area contributed by atoms with Crippen LogP contribution in [0.5, 0.6) is 0 Å². The third-order valence-corrected chi connectivity index (χ3v) is 12.5. The number of hydrogen-bond acceptors (Lipinski definition) is 4. The predicted octanol–water partition coefficient (Wildman–Crippen LogP) is 6.23. The molecule has 2 atom stereocenters. The molecule has 216 valence electrons. The molecule has 2 aromatic rings. The molecule has 2 saturated heterocycles. The highest BCUT2D eigenvalue weighted by Gasteiger charge is 2.49. The molecule has 8 heteroatoms. The minimum Gasteiger partial charge on any atom is -0.207 e. The van der Waals surface area contributed by atoms with Gasteiger partial charge in [0.1, 0.15) is 0 Å². The molecular weight excluding hydrogens is 540 g/mol. The summed E-state index contributed by atoms with van der Waals surface area (Å²) in [6.07, 6.45) is 6.02. The first-order chi connectivity index (χ1) is 19.1. The SMILES string of the molecule is CCCCC1=C2CN(S(=O)(=O)c3ccc(C)cc3)C[C@H]2[C@@H]2CN(S(=O)(=O)c3ccc(C)cc3)CC2=C1CCCC. The van der Waals surface area contributed by atoms with Gasteiger partial charge in [-0.2, -0.15) is 8.61 Å². The first kappa shape index (κ1) is 29.2. The van der Waals surface area contributed by atoms with Gasteiger partial charge in [0.2, 0.25) is 20.0 Å². The molecule has 0 amide bonds. The fraction of sp³-hybridized carbons (Fsp3) is 0.500. The number of sulfonamides is 2. The van der Waals surface area contributed by atoms with Gasteiger partial charge in [0, 0.05) is 38.0 Å². The van der Waals surface area contributed by atoms with Crippen molar-refractivity contribution in [2.24, 2.45) is 11.8 Å². The van der Waals surface area contributed by atoms with E-state index in [4.69, 9.17) is 0 Å². The minimum atomic E-state index is -3.66. The fourth-order valence-electron chi connectivity index (χ4n) is 6.58. The largest absolute Gasteiger partial charge is 0.243 e. The molecule has 0 bridgehead atoms. The van der Waals surface area contributed by atoms with Gasteiger partial charge >= 0.3 is 0 Å². The third kappa shape index (κ3) is 5.36. The molecule has 5 rings (SSSR count). The quantitative estimate of drug-likeness (QED) is 0.333. The van der Waals surface area contributed by atoms with Crippen LogP contribution in [0.2, 0.25) is 0 Å². The van der Waals surface area contributed by atoms with Crippen LogP contribution >= 0.6 is 0 Å². The Balaban J connectivity index is 1.55. The molecule has 3 aliphatic rings. The van der Waals surface area contributed by atoms with E-state index in [1.165, 1.54) is 22.3 Å². The van der Waals surface area contributed by atoms with E-state index < -0.39 is 20.0 Å². The van der Waals surface area contributed by atoms with Crippen LogP contribution in [0.3, 0.4) is 0 Å². The topological polar surface area (TPSA) is 74.8 Å². The molecule has 0 spiro atoms. The fourth-order valence-corrected chi connectivity index (χ4v) is 9.47. The molecule has 40 heavy (non-hydrogen) atoms. The summed E-state index contributed by atoms with van der Waals surface area (Å²) in [6.45, 7) is 9.85. The second kappa shape index (κ2) is 11.6. The minimum absolute atomic E-state index is 0.00525. The highest BCUT2D eigenvalue weighted by molar-refractivity contribution is 7.89. The lowest BCUT2D eigenvalue weighted by molar-refractivity contribution is 0.382. The molecule has 2 aliphatic heterocycles. The summed E-state index contributed by atoms with van der Waals surface area (Å²) in [6, 6.07) is 14.2. The molecule has 2 aromatic carbocycles. The maximum atomic E-state index is 13.8. The van der Waals surface area contributed by atoms with E-state index in [1.807, 2.05) is 38.1 Å². The first-order valence-electron chi connectivity index (χ1n) is 14.7. The second-order valence-corrected chi connectivity index (χ2v) is 15.5. The van der Waals surface area contributed by atoms with Crippen LogP contribution in [0.4, 0.5) is 0 Å². The Morgan fingerprint density at radius 1 is 0.625 bits per heavy atom. The first-order valence-corrected chi connectivity index (χ1v) is 17.5. The lowest BCUT2D eigenvalue weighted by atomic mass is 9.72. The van der Waals surface area contributed by atoms with Gasteiger partial charge in [0.25, 0.3) is 0 Å². The van der Waals surface area contributed by atoms with Crippen molar-refractivity contribution in [3.8, 4) is 0 Å². The van der Waals surface area contributed by atoms with Gasteiger partial charge in [-0.3, -0.25) is 0 Å². The van der Waals surface area contributed by atoms with Gasteiger partial charge in [-0.05, 0) is 86.1 Å². The molecule has 2 heterocycles. The van der Waals surface area contributed by atoms with Crippen molar-refractivity contribution in [1.29, 1.82) is 0 Å². The van der Waals surface area contributed by atoms with Crippen LogP contribution < -0.4 is 0 Å². The van der Waals surface area contributed by atoms with E-state index in [-0.39, 0.29) is 11.8 Å². The number of fused-ring (bicyclic) bond motifs is 3. The van der Waals surface area contributed by atoms with Gasteiger partial charge in [-0.15, -0.1) is 0 Å². The molecule has 0 saturated carbocycles. The third-order valence-electron chi connectivity index (χ3n) is 8.89. The van der Waals surface area contributed by atoms with Gasteiger partial charge < -0.3 is 0 Å². The maximum Gasteiger partial charge on any atom is 0.243 e. The molecule has 0 aromatic heterocycles. The van der Waals surface area contributed by atoms with E-state index in [9.17, 15) is 16.8 Å². The lowest BCUT2D eigenvalue weighted by Crippen LogP contribution is -2.32. The zero-order valence-electron chi connectivity index (χ0n) is 24.2. The molecule has 0 unspecified atom stereocenters. The number of hydrogen-bond donors (Lipinski definition) is 0. The second-order valence-electron chi connectivity index (χ2n) is 11.6. The van der Waals surface area contributed by atoms with Crippen molar-refractivity contribution in [1.82, 2.24) is 8.61 Å². The van der Waals surface area contributed by atoms with Crippen molar-refractivity contribution >= 4 is 20.0 Å². The normalized spacial score (nSPS) is 22.2. The molecule has 6 nitrogen and oxygen atoms in total. The lowest BCUT2D eigenvalue weighted by Gasteiger charge is -2.32. The summed E-state index contributed by atoms with van der Waals surface area (Å²) in [5, 5.41) is 0. The summed E-state index contributed by atoms with van der Waals surface area (Å²) in [7, 11) is -7.32. The van der Waals surface area contributed by atoms with E-state index in [0.717, 1.165) is 49.7 Å². The van der Waals surface area contributed by atoms with Crippen molar-refractivity contribution < 1.29 is 16.8 Å². The van der Waals surface area contributed by atoms with E-state index in [1.54, 1.807) is 32.9 Å². The van der Waals surface area contributed by atoms with Crippen LogP contribution in [0.15, 0.2) is 80.6 Å². The highest BCUT2D eigenvalue weighted by atomic mass is 32.2. The van der Waals surface area contributed by atoms with Crippen LogP contribution in [0, 0.1) is 25.7 Å². The Kier molecular flexibility index (Phi) is 8.44. The molecule has 0 N–H and O–H groups in total. The monoisotopic (exact) mass is 582 g/mol. The van der Waals surface area contributed by atoms with Crippen LogP contribution in [0.1, 0.15) is 63.5 Å². The smallest absolute Gasteiger partial charge is 0.207 e. The Morgan fingerprint density at radius 3 is 1.30 bits per heavy atom. The van der Waals surface area contributed by atoms with Gasteiger partial charge in [-0.25, -0.2) is 16.8 Å². The standard InChI is InChI=1S/C32H42N2O4S2/c1-5-7-9-27-28(10-8-6-2)30-20-34(40(37,38)26-17-13-24(4)14-18-26)22-32(30)31-21-33(19-29(27)31)39(35,36)25-15-11-23(3)12-16-25/h11-18,31-32H,5-10,19-22H2,1-4H3/t31-,32-/m1/s1. The van der Waals surface area contributed by atoms with E-state index in [2.05, 4.69) is 13.8 Å². The Hall–Kier alpha value is -2.26. The van der Waals surface area contributed by atoms with Gasteiger partial charge in [-0.1, -0.05) is 62.1 Å². The average Bonchev–Trinajstić information content (AvgIpc) is 3.57. The summed E-state index contributed by atoms with van der Waals surface area (Å²) >= 11 is 0. The summed E-state index contributed by atoms with van der Waals surface area (Å²) in [4.78, 5) is 0.642. The maximum absolute atomic E-state index is 13.8. The summed E-state index contributed by atoms with van der Waals surface area (Å²) in [5.74, 6) is 0.0105. The van der Waals surface area contributed by atoms with E-state index >= 15 is 0 Å². The van der Waals surface area contributed by atoms with E-state index in [0.29, 0.717) is 36.0 Å². The molecular formula is C32H42N2O4S2. The zero-order chi connectivity index (χ0) is 28.7. The van der Waals surface area contributed by atoms with Crippen molar-refractivity contribution in [3.63, 3.8) is 0 Å². The average molecular weight is 583 g/mol. The molecule has 2 fully saturated rings. The number of nitrogens with zero attached hydrogens (tertiary/aromatic N) is 2. The Labute approximate surface area is 240 Å². The van der Waals surface area contributed by atoms with Crippen molar-refractivity contribution in [2.75, 3.05) is 26.2 Å². The van der Waals surface area contributed by atoms with Crippen molar-refractivity contribution in [2.45, 2.75) is 76.0 Å². The predicted molar refractivity (Wildman–Crippen MR) is 160 cm³/mol.